The summed E-state index contributed by atoms with van der Waals surface area (Å²) in [4.78, 5) is 23.2. The molecule has 0 bridgehead atoms. The number of benzene rings is 1. The fourth-order valence-corrected chi connectivity index (χ4v) is 3.98. The molecule has 0 aromatic heterocycles. The van der Waals surface area contributed by atoms with E-state index < -0.39 is 22.4 Å². The Balaban J connectivity index is 1.84. The van der Waals surface area contributed by atoms with Gasteiger partial charge in [-0.2, -0.15) is 0 Å². The van der Waals surface area contributed by atoms with Crippen molar-refractivity contribution in [2.45, 2.75) is 25.3 Å². The van der Waals surface area contributed by atoms with Gasteiger partial charge in [-0.3, -0.25) is 20.6 Å². The third kappa shape index (κ3) is 3.75. The van der Waals surface area contributed by atoms with Crippen LogP contribution in [0.5, 0.6) is 0 Å². The number of nitrogens with one attached hydrogen (secondary N) is 1. The molecule has 1 aliphatic rings. The number of aryl methyl sites for hydroxylation is 1. The number of rotatable bonds is 5. The van der Waals surface area contributed by atoms with Gasteiger partial charge in [0.25, 0.3) is 0 Å². The molecule has 2 unspecified atom stereocenters. The lowest BCUT2D eigenvalue weighted by molar-refractivity contribution is -0.119. The summed E-state index contributed by atoms with van der Waals surface area (Å²) in [5.74, 6) is -0.0502. The second-order valence-corrected chi connectivity index (χ2v) is 6.74. The lowest BCUT2D eigenvalue weighted by Gasteiger charge is -2.05. The zero-order valence-corrected chi connectivity index (χ0v) is 12.0. The summed E-state index contributed by atoms with van der Waals surface area (Å²) in [6.45, 7) is 0. The molecule has 0 saturated heterocycles. The molecule has 1 aliphatic heterocycles. The van der Waals surface area contributed by atoms with Crippen molar-refractivity contribution in [2.24, 2.45) is 11.5 Å². The van der Waals surface area contributed by atoms with E-state index in [0.717, 1.165) is 12.8 Å². The van der Waals surface area contributed by atoms with E-state index in [1.165, 1.54) is 5.56 Å². The number of hydrogen-bond acceptors (Lipinski definition) is 4. The van der Waals surface area contributed by atoms with Gasteiger partial charge < -0.3 is 5.73 Å². The third-order valence-corrected chi connectivity index (χ3v) is 5.29. The van der Waals surface area contributed by atoms with Crippen LogP contribution in [0.2, 0.25) is 0 Å². The Morgan fingerprint density at radius 3 is 2.60 bits per heavy atom. The quantitative estimate of drug-likeness (QED) is 0.680. The summed E-state index contributed by atoms with van der Waals surface area (Å²) in [7, 11) is -0.682. The molecule has 1 aromatic carbocycles. The van der Waals surface area contributed by atoms with Gasteiger partial charge in [0.05, 0.1) is 5.11 Å². The highest BCUT2D eigenvalue weighted by atomic mass is 32.2. The maximum absolute atomic E-state index is 12.1. The molecule has 1 amide bonds. The molecule has 0 aliphatic carbocycles. The van der Waals surface area contributed by atoms with Crippen molar-refractivity contribution in [3.63, 3.8) is 0 Å². The molecule has 6 heteroatoms. The number of amides is 1. The molecule has 2 rings (SSSR count). The second kappa shape index (κ2) is 6.78. The highest BCUT2D eigenvalue weighted by molar-refractivity contribution is 8.28. The molecule has 0 saturated carbocycles. The van der Waals surface area contributed by atoms with Crippen molar-refractivity contribution in [2.75, 3.05) is 5.75 Å². The van der Waals surface area contributed by atoms with E-state index in [1.807, 2.05) is 30.3 Å². The molecule has 5 N–H and O–H groups in total. The van der Waals surface area contributed by atoms with Crippen LogP contribution in [-0.4, -0.2) is 27.9 Å². The van der Waals surface area contributed by atoms with E-state index in [4.69, 9.17) is 11.5 Å². The first-order valence-electron chi connectivity index (χ1n) is 6.54. The summed E-state index contributed by atoms with van der Waals surface area (Å²) in [6, 6.07) is 9.55. The van der Waals surface area contributed by atoms with Crippen molar-refractivity contribution in [3.05, 3.63) is 35.9 Å². The molecule has 20 heavy (non-hydrogen) atoms. The van der Waals surface area contributed by atoms with E-state index in [1.54, 1.807) is 0 Å². The number of hydrogen-bond donors (Lipinski definition) is 3. The first kappa shape index (κ1) is 14.9. The van der Waals surface area contributed by atoms with Crippen molar-refractivity contribution < 1.29 is 9.59 Å². The second-order valence-electron chi connectivity index (χ2n) is 4.73. The number of nitrogens with two attached hydrogens (primary N) is 2. The molecule has 0 spiro atoms. The fraction of sp³-hybridized carbons (Fsp3) is 0.357. The Bertz CT molecular complexity index is 543. The molecular formula is C14H19N3O2S. The van der Waals surface area contributed by atoms with E-state index in [9.17, 15) is 9.59 Å². The van der Waals surface area contributed by atoms with Crippen molar-refractivity contribution in [3.8, 4) is 0 Å². The summed E-state index contributed by atoms with van der Waals surface area (Å²) >= 11 is 0. The molecule has 1 aromatic rings. The van der Waals surface area contributed by atoms with Gasteiger partial charge in [-0.15, -0.1) is 0 Å². The smallest absolute Gasteiger partial charge is 0.235 e. The minimum Gasteiger partial charge on any atom is -0.368 e. The Labute approximate surface area is 120 Å². The molecule has 1 heterocycles. The predicted molar refractivity (Wildman–Crippen MR) is 82.2 cm³/mol. The van der Waals surface area contributed by atoms with Crippen LogP contribution in [0.3, 0.4) is 0 Å². The highest BCUT2D eigenvalue weighted by Crippen LogP contribution is 2.24. The molecular weight excluding hydrogens is 274 g/mol. The van der Waals surface area contributed by atoms with Gasteiger partial charge in [-0.05, 0) is 18.4 Å². The van der Waals surface area contributed by atoms with Crippen LogP contribution in [-0.2, 0) is 16.0 Å². The van der Waals surface area contributed by atoms with Gasteiger partial charge >= 0.3 is 0 Å². The highest BCUT2D eigenvalue weighted by Gasteiger charge is 2.28. The summed E-state index contributed by atoms with van der Waals surface area (Å²) in [6.07, 6.45) is 2.14. The lowest BCUT2D eigenvalue weighted by atomic mass is 10.1. The first-order valence-corrected chi connectivity index (χ1v) is 7.93. The van der Waals surface area contributed by atoms with Gasteiger partial charge in [-0.1, -0.05) is 40.8 Å². The van der Waals surface area contributed by atoms with Gasteiger partial charge in [-0.25, -0.2) is 0 Å². The Morgan fingerprint density at radius 1 is 1.30 bits per heavy atom. The number of primary amides is 1. The van der Waals surface area contributed by atoms with Gasteiger partial charge in [0.2, 0.25) is 5.91 Å². The minimum atomic E-state index is -0.682. The summed E-state index contributed by atoms with van der Waals surface area (Å²) in [5.41, 5.74) is 12.2. The van der Waals surface area contributed by atoms with Crippen LogP contribution in [0.1, 0.15) is 18.4 Å². The summed E-state index contributed by atoms with van der Waals surface area (Å²) in [5, 5.41) is 3.31. The Kier molecular flexibility index (Phi) is 5.05. The lowest BCUT2D eigenvalue weighted by Crippen LogP contribution is -2.43. The zero-order chi connectivity index (χ0) is 14.5. The van der Waals surface area contributed by atoms with Crippen LogP contribution >= 0.6 is 10.5 Å². The predicted octanol–water partition coefficient (Wildman–Crippen LogP) is 0.308. The topological polar surface area (TPSA) is 98.2 Å². The standard InChI is InChI=1S/C14H19N3O2S/c15-13(19)11-9-20(14(16)17-11)12(18)8-4-7-10-5-2-1-3-6-10/h1-3,5-6,11,17H,4,7-9,16H2,(H2,15,19). The normalized spacial score (nSPS) is 21.9. The van der Waals surface area contributed by atoms with Gasteiger partial charge in [0, 0.05) is 12.2 Å². The molecule has 108 valence electrons. The minimum absolute atomic E-state index is 0.106. The molecule has 0 radical (unpaired) electrons. The average Bonchev–Trinajstić information content (AvgIpc) is 2.82. The van der Waals surface area contributed by atoms with E-state index >= 15 is 0 Å². The van der Waals surface area contributed by atoms with Crippen LogP contribution < -0.4 is 16.8 Å². The van der Waals surface area contributed by atoms with Crippen LogP contribution in [0.25, 0.3) is 0 Å². The fourth-order valence-electron chi connectivity index (χ4n) is 2.11. The number of carbonyl (C=O) groups is 2. The zero-order valence-electron chi connectivity index (χ0n) is 11.2. The van der Waals surface area contributed by atoms with Gasteiger partial charge in [0.1, 0.15) is 6.04 Å². The molecule has 2 atom stereocenters. The van der Waals surface area contributed by atoms with Crippen LogP contribution in [0.15, 0.2) is 30.3 Å². The maximum atomic E-state index is 12.1. The Hall–Kier alpha value is -1.50. The van der Waals surface area contributed by atoms with Crippen molar-refractivity contribution in [1.29, 1.82) is 0 Å². The van der Waals surface area contributed by atoms with Crippen LogP contribution in [0, 0.1) is 0 Å². The number of carbonyl (C=O) groups excluding carboxylic acids is 2. The third-order valence-electron chi connectivity index (χ3n) is 3.22. The monoisotopic (exact) mass is 293 g/mol. The largest absolute Gasteiger partial charge is 0.368 e. The SMILES string of the molecule is NC(=O)C1CS(C(=O)CCCc2ccccc2)=C(N)N1. The van der Waals surface area contributed by atoms with Crippen molar-refractivity contribution >= 4 is 26.6 Å². The van der Waals surface area contributed by atoms with Crippen molar-refractivity contribution in [1.82, 2.24) is 5.32 Å². The van der Waals surface area contributed by atoms with E-state index in [0.29, 0.717) is 17.3 Å². The first-order chi connectivity index (χ1) is 9.58. The average molecular weight is 293 g/mol. The van der Waals surface area contributed by atoms with E-state index in [2.05, 4.69) is 5.32 Å². The maximum Gasteiger partial charge on any atom is 0.235 e. The molecule has 0 fully saturated rings. The van der Waals surface area contributed by atoms with Gasteiger partial charge in [0.15, 0.2) is 5.12 Å². The van der Waals surface area contributed by atoms with Crippen LogP contribution in [0.4, 0.5) is 0 Å². The summed E-state index contributed by atoms with van der Waals surface area (Å²) < 4.78 is 0. The molecule has 5 nitrogen and oxygen atoms in total. The van der Waals surface area contributed by atoms with E-state index in [-0.39, 0.29) is 5.12 Å². The Morgan fingerprint density at radius 2 is 2.00 bits per heavy atom.